The van der Waals surface area contributed by atoms with Crippen LogP contribution < -0.4 is 10.1 Å². The summed E-state index contributed by atoms with van der Waals surface area (Å²) >= 11 is 10.6. The maximum absolute atomic E-state index is 5.30. The van der Waals surface area contributed by atoms with Crippen molar-refractivity contribution in [2.45, 2.75) is 12.5 Å². The first kappa shape index (κ1) is 16.9. The molecule has 0 aliphatic carbocycles. The zero-order chi connectivity index (χ0) is 15.4. The van der Waals surface area contributed by atoms with E-state index in [2.05, 4.69) is 58.1 Å². The van der Waals surface area contributed by atoms with E-state index in [1.165, 1.54) is 5.56 Å². The molecule has 0 saturated carbocycles. The number of aromatic nitrogens is 1. The lowest BCUT2D eigenvalue weighted by Gasteiger charge is -2.18. The molecule has 1 aromatic carbocycles. The summed E-state index contributed by atoms with van der Waals surface area (Å²) in [7, 11) is 3.62. The Balaban J connectivity index is 2.30. The van der Waals surface area contributed by atoms with Crippen molar-refractivity contribution in [2.75, 3.05) is 14.2 Å². The molecule has 0 radical (unpaired) electrons. The number of pyridine rings is 1. The van der Waals surface area contributed by atoms with E-state index >= 15 is 0 Å². The van der Waals surface area contributed by atoms with Crippen LogP contribution in [0.2, 0.25) is 0 Å². The van der Waals surface area contributed by atoms with Gasteiger partial charge in [-0.05, 0) is 75.2 Å². The van der Waals surface area contributed by atoms with E-state index in [1.54, 1.807) is 7.11 Å². The number of halogens is 3. The number of hydrogen-bond acceptors (Lipinski definition) is 3. The SMILES string of the molecule is CNC(Cc1cc(OC)ccc1Br)c1ncc(Br)cc1Br. The maximum atomic E-state index is 5.30. The number of nitrogens with one attached hydrogen (secondary N) is 1. The van der Waals surface area contributed by atoms with Crippen molar-refractivity contribution >= 4 is 47.8 Å². The number of benzene rings is 1. The van der Waals surface area contributed by atoms with Gasteiger partial charge in [0.25, 0.3) is 0 Å². The fourth-order valence-corrected chi connectivity index (χ4v) is 3.74. The van der Waals surface area contributed by atoms with Gasteiger partial charge in [-0.25, -0.2) is 0 Å². The molecule has 1 heterocycles. The largest absolute Gasteiger partial charge is 0.497 e. The van der Waals surface area contributed by atoms with Crippen molar-refractivity contribution in [2.24, 2.45) is 0 Å². The lowest BCUT2D eigenvalue weighted by Crippen LogP contribution is -2.20. The van der Waals surface area contributed by atoms with Gasteiger partial charge in [0, 0.05) is 19.6 Å². The Labute approximate surface area is 149 Å². The molecule has 0 fully saturated rings. The van der Waals surface area contributed by atoms with E-state index in [-0.39, 0.29) is 6.04 Å². The highest BCUT2D eigenvalue weighted by Crippen LogP contribution is 2.30. The van der Waals surface area contributed by atoms with Crippen LogP contribution in [0.1, 0.15) is 17.3 Å². The lowest BCUT2D eigenvalue weighted by molar-refractivity contribution is 0.413. The van der Waals surface area contributed by atoms with Crippen molar-refractivity contribution in [3.05, 3.63) is 55.1 Å². The molecule has 0 saturated heterocycles. The van der Waals surface area contributed by atoms with E-state index in [9.17, 15) is 0 Å². The average molecular weight is 479 g/mol. The standard InChI is InChI=1S/C15H15Br3N2O/c1-19-14(15-13(18)7-10(16)8-20-15)6-9-5-11(21-2)3-4-12(9)17/h3-5,7-8,14,19H,6H2,1-2H3. The first-order chi connectivity index (χ1) is 10.0. The van der Waals surface area contributed by atoms with Crippen LogP contribution in [0.15, 0.2) is 43.9 Å². The monoisotopic (exact) mass is 476 g/mol. The molecule has 112 valence electrons. The van der Waals surface area contributed by atoms with Crippen LogP contribution in [-0.2, 0) is 6.42 Å². The maximum Gasteiger partial charge on any atom is 0.119 e. The Morgan fingerprint density at radius 3 is 2.57 bits per heavy atom. The van der Waals surface area contributed by atoms with Crippen LogP contribution >= 0.6 is 47.8 Å². The van der Waals surface area contributed by atoms with Crippen molar-refractivity contribution < 1.29 is 4.74 Å². The molecule has 1 unspecified atom stereocenters. The number of hydrogen-bond donors (Lipinski definition) is 1. The van der Waals surface area contributed by atoms with Crippen LogP contribution in [0.3, 0.4) is 0 Å². The van der Waals surface area contributed by atoms with Gasteiger partial charge in [-0.2, -0.15) is 0 Å². The van der Waals surface area contributed by atoms with E-state index in [0.717, 1.165) is 31.3 Å². The Morgan fingerprint density at radius 2 is 1.95 bits per heavy atom. The van der Waals surface area contributed by atoms with Crippen LogP contribution in [0.4, 0.5) is 0 Å². The van der Waals surface area contributed by atoms with Gasteiger partial charge in [0.2, 0.25) is 0 Å². The fourth-order valence-electron chi connectivity index (χ4n) is 2.07. The predicted octanol–water partition coefficient (Wildman–Crippen LogP) is 4.88. The number of methoxy groups -OCH3 is 1. The van der Waals surface area contributed by atoms with Crippen molar-refractivity contribution in [1.29, 1.82) is 0 Å². The molecule has 21 heavy (non-hydrogen) atoms. The Morgan fingerprint density at radius 1 is 1.19 bits per heavy atom. The van der Waals surface area contributed by atoms with Crippen LogP contribution in [0.25, 0.3) is 0 Å². The molecule has 0 bridgehead atoms. The molecule has 1 atom stereocenters. The third-order valence-corrected chi connectivity index (χ3v) is 5.03. The van der Waals surface area contributed by atoms with Gasteiger partial charge in [-0.1, -0.05) is 15.9 Å². The zero-order valence-corrected chi connectivity index (χ0v) is 16.4. The van der Waals surface area contributed by atoms with E-state index in [1.807, 2.05) is 37.5 Å². The molecule has 1 aromatic heterocycles. The Bertz CT molecular complexity index is 634. The van der Waals surface area contributed by atoms with Gasteiger partial charge in [-0.15, -0.1) is 0 Å². The van der Waals surface area contributed by atoms with Crippen molar-refractivity contribution in [1.82, 2.24) is 10.3 Å². The Kier molecular flexibility index (Phi) is 6.22. The molecule has 3 nitrogen and oxygen atoms in total. The molecule has 0 aliphatic rings. The second kappa shape index (κ2) is 7.72. The summed E-state index contributed by atoms with van der Waals surface area (Å²) in [5, 5.41) is 3.32. The van der Waals surface area contributed by atoms with Crippen LogP contribution in [-0.4, -0.2) is 19.1 Å². The third-order valence-electron chi connectivity index (χ3n) is 3.19. The summed E-state index contributed by atoms with van der Waals surface area (Å²) in [4.78, 5) is 4.51. The minimum atomic E-state index is 0.107. The van der Waals surface area contributed by atoms with Gasteiger partial charge in [0.1, 0.15) is 5.75 Å². The van der Waals surface area contributed by atoms with Gasteiger partial charge in [0.15, 0.2) is 0 Å². The second-order valence-corrected chi connectivity index (χ2v) is 7.15. The molecule has 2 aromatic rings. The molecular weight excluding hydrogens is 464 g/mol. The first-order valence-corrected chi connectivity index (χ1v) is 8.73. The summed E-state index contributed by atoms with van der Waals surface area (Å²) in [6.45, 7) is 0. The van der Waals surface area contributed by atoms with Crippen molar-refractivity contribution in [3.63, 3.8) is 0 Å². The summed E-state index contributed by atoms with van der Waals surface area (Å²) in [5.74, 6) is 0.853. The van der Waals surface area contributed by atoms with Crippen LogP contribution in [0.5, 0.6) is 5.75 Å². The van der Waals surface area contributed by atoms with Crippen molar-refractivity contribution in [3.8, 4) is 5.75 Å². The van der Waals surface area contributed by atoms with E-state index in [0.29, 0.717) is 0 Å². The molecule has 2 rings (SSSR count). The van der Waals surface area contributed by atoms with Gasteiger partial charge in [0.05, 0.1) is 18.8 Å². The normalized spacial score (nSPS) is 12.2. The number of ether oxygens (including phenoxy) is 1. The fraction of sp³-hybridized carbons (Fsp3) is 0.267. The molecular formula is C15H15Br3N2O. The second-order valence-electron chi connectivity index (χ2n) is 4.52. The quantitative estimate of drug-likeness (QED) is 0.665. The first-order valence-electron chi connectivity index (χ1n) is 6.35. The summed E-state index contributed by atoms with van der Waals surface area (Å²) < 4.78 is 8.30. The summed E-state index contributed by atoms with van der Waals surface area (Å²) in [5.41, 5.74) is 2.15. The highest BCUT2D eigenvalue weighted by molar-refractivity contribution is 9.11. The number of nitrogens with zero attached hydrogens (tertiary/aromatic N) is 1. The average Bonchev–Trinajstić information content (AvgIpc) is 2.47. The molecule has 0 spiro atoms. The predicted molar refractivity (Wildman–Crippen MR) is 95.8 cm³/mol. The lowest BCUT2D eigenvalue weighted by atomic mass is 10.0. The highest BCUT2D eigenvalue weighted by Gasteiger charge is 2.17. The van der Waals surface area contributed by atoms with E-state index in [4.69, 9.17) is 4.74 Å². The van der Waals surface area contributed by atoms with Gasteiger partial charge >= 0.3 is 0 Å². The number of likely N-dealkylation sites (N-methyl/N-ethyl adjacent to an activating group) is 1. The third kappa shape index (κ3) is 4.28. The van der Waals surface area contributed by atoms with Crippen LogP contribution in [0, 0.1) is 0 Å². The minimum Gasteiger partial charge on any atom is -0.497 e. The summed E-state index contributed by atoms with van der Waals surface area (Å²) in [6.07, 6.45) is 2.62. The highest BCUT2D eigenvalue weighted by atomic mass is 79.9. The van der Waals surface area contributed by atoms with Gasteiger partial charge < -0.3 is 10.1 Å². The molecule has 1 N–H and O–H groups in total. The Hall–Kier alpha value is -0.430. The number of rotatable bonds is 5. The zero-order valence-electron chi connectivity index (χ0n) is 11.7. The van der Waals surface area contributed by atoms with E-state index < -0.39 is 0 Å². The van der Waals surface area contributed by atoms with Gasteiger partial charge in [-0.3, -0.25) is 4.98 Å². The minimum absolute atomic E-state index is 0.107. The molecule has 6 heteroatoms. The smallest absolute Gasteiger partial charge is 0.119 e. The summed E-state index contributed by atoms with van der Waals surface area (Å²) in [6, 6.07) is 8.10. The molecule has 0 amide bonds. The topological polar surface area (TPSA) is 34.1 Å². The molecule has 0 aliphatic heterocycles.